The van der Waals surface area contributed by atoms with E-state index in [-0.39, 0.29) is 75.8 Å². The SMILES string of the molecule is CC1(C(=O)OCC[Si](C)(C)C)CCC2(C)CCC3(C)C(=CC(=O)C4C5(C)CCC(OC(=O)CC(=O)NCN)C(C)(C)C5CCC43C)C2C1. The molecule has 9 heteroatoms. The first-order chi connectivity index (χ1) is 22.1. The van der Waals surface area contributed by atoms with E-state index in [1.54, 1.807) is 0 Å². The van der Waals surface area contributed by atoms with Crippen LogP contribution in [0.4, 0.5) is 0 Å². The summed E-state index contributed by atoms with van der Waals surface area (Å²) in [5, 5.41) is 2.47. The molecule has 4 fully saturated rings. The van der Waals surface area contributed by atoms with Gasteiger partial charge in [-0.3, -0.25) is 19.2 Å². The van der Waals surface area contributed by atoms with Gasteiger partial charge in [0.15, 0.2) is 5.78 Å². The molecule has 4 saturated carbocycles. The molecule has 0 aromatic carbocycles. The van der Waals surface area contributed by atoms with E-state index in [1.807, 2.05) is 0 Å². The summed E-state index contributed by atoms with van der Waals surface area (Å²) < 4.78 is 12.0. The third kappa shape index (κ3) is 6.05. The zero-order valence-corrected chi connectivity index (χ0v) is 32.6. The second-order valence-corrected chi connectivity index (χ2v) is 25.1. The molecule has 0 spiro atoms. The van der Waals surface area contributed by atoms with E-state index in [4.69, 9.17) is 15.2 Å². The van der Waals surface area contributed by atoms with Gasteiger partial charge in [0.25, 0.3) is 0 Å². The minimum absolute atomic E-state index is 0.0185. The number of fused-ring (bicyclic) bond motifs is 7. The molecule has 0 saturated heterocycles. The number of hydrogen-bond acceptors (Lipinski definition) is 7. The van der Waals surface area contributed by atoms with Crippen molar-refractivity contribution in [1.82, 2.24) is 5.32 Å². The Morgan fingerprint density at radius 2 is 1.60 bits per heavy atom. The molecular weight excluding hydrogens is 621 g/mol. The van der Waals surface area contributed by atoms with Gasteiger partial charge >= 0.3 is 11.9 Å². The third-order valence-corrected chi connectivity index (χ3v) is 16.7. The van der Waals surface area contributed by atoms with E-state index in [0.29, 0.717) is 13.0 Å². The van der Waals surface area contributed by atoms with Gasteiger partial charge < -0.3 is 20.5 Å². The summed E-state index contributed by atoms with van der Waals surface area (Å²) >= 11 is 0. The number of rotatable bonds is 8. The van der Waals surface area contributed by atoms with Crippen LogP contribution < -0.4 is 11.1 Å². The van der Waals surface area contributed by atoms with Gasteiger partial charge in [-0.1, -0.05) is 66.8 Å². The molecule has 9 atom stereocenters. The van der Waals surface area contributed by atoms with Crippen LogP contribution in [-0.4, -0.2) is 51.1 Å². The molecule has 5 aliphatic carbocycles. The standard InChI is InChI=1S/C39H64N2O6Si/c1-34(2)28-11-14-39(7)32(37(28,5)13-12-29(34)47-31(44)22-30(43)41-24-40)27(42)21-25-26-23-36(4,33(45)46-19-20-48(8,9)10)16-15-35(26,3)17-18-38(25,39)6/h21,26,28-29,32H,11-20,22-24,40H2,1-10H3,(H,41,43). The van der Waals surface area contributed by atoms with E-state index >= 15 is 0 Å². The minimum atomic E-state index is -1.32. The summed E-state index contributed by atoms with van der Waals surface area (Å²) in [4.78, 5) is 53.2. The Hall–Kier alpha value is -2.00. The second kappa shape index (κ2) is 12.3. The third-order valence-electron chi connectivity index (χ3n) is 15.0. The van der Waals surface area contributed by atoms with Gasteiger partial charge in [0.2, 0.25) is 5.91 Å². The average molecular weight is 685 g/mol. The van der Waals surface area contributed by atoms with E-state index < -0.39 is 25.4 Å². The van der Waals surface area contributed by atoms with Crippen molar-refractivity contribution in [2.75, 3.05) is 13.3 Å². The van der Waals surface area contributed by atoms with Gasteiger partial charge in [0, 0.05) is 19.4 Å². The van der Waals surface area contributed by atoms with Crippen LogP contribution in [0.25, 0.3) is 0 Å². The van der Waals surface area contributed by atoms with Crippen LogP contribution in [-0.2, 0) is 28.7 Å². The van der Waals surface area contributed by atoms with E-state index in [9.17, 15) is 19.2 Å². The Morgan fingerprint density at radius 1 is 0.938 bits per heavy atom. The first kappa shape index (κ1) is 37.3. The summed E-state index contributed by atoms with van der Waals surface area (Å²) in [7, 11) is -1.32. The van der Waals surface area contributed by atoms with Crippen molar-refractivity contribution in [2.24, 2.45) is 56.0 Å². The Labute approximate surface area is 290 Å². The highest BCUT2D eigenvalue weighted by Gasteiger charge is 2.70. The fourth-order valence-electron chi connectivity index (χ4n) is 11.7. The quantitative estimate of drug-likeness (QED) is 0.120. The van der Waals surface area contributed by atoms with E-state index in [0.717, 1.165) is 57.4 Å². The maximum Gasteiger partial charge on any atom is 0.315 e. The molecule has 3 N–H and O–H groups in total. The number of carbonyl (C=O) groups excluding carboxylic acids is 4. The second-order valence-electron chi connectivity index (χ2n) is 19.5. The van der Waals surface area contributed by atoms with Crippen LogP contribution in [0.5, 0.6) is 0 Å². The van der Waals surface area contributed by atoms with Crippen LogP contribution in [0.15, 0.2) is 11.6 Å². The van der Waals surface area contributed by atoms with Crippen LogP contribution >= 0.6 is 0 Å². The lowest BCUT2D eigenvalue weighted by Gasteiger charge is -2.70. The molecule has 0 aliphatic heterocycles. The summed E-state index contributed by atoms with van der Waals surface area (Å²) in [6, 6.07) is 0.971. The number of carbonyl (C=O) groups is 4. The fraction of sp³-hybridized carbons (Fsp3) is 0.846. The van der Waals surface area contributed by atoms with Crippen LogP contribution in [0.3, 0.4) is 0 Å². The van der Waals surface area contributed by atoms with Gasteiger partial charge in [-0.25, -0.2) is 0 Å². The molecule has 8 nitrogen and oxygen atoms in total. The highest BCUT2D eigenvalue weighted by Crippen LogP contribution is 2.75. The Bertz CT molecular complexity index is 1370. The predicted octanol–water partition coefficient (Wildman–Crippen LogP) is 7.18. The lowest BCUT2D eigenvalue weighted by Crippen LogP contribution is -2.66. The van der Waals surface area contributed by atoms with Crippen molar-refractivity contribution in [2.45, 2.75) is 144 Å². The molecule has 0 radical (unpaired) electrons. The van der Waals surface area contributed by atoms with Crippen molar-refractivity contribution in [3.63, 3.8) is 0 Å². The monoisotopic (exact) mass is 684 g/mol. The van der Waals surface area contributed by atoms with Gasteiger partial charge in [-0.05, 0) is 110 Å². The number of allylic oxidation sites excluding steroid dienone is 2. The molecule has 270 valence electrons. The summed E-state index contributed by atoms with van der Waals surface area (Å²) in [6.07, 6.45) is 9.44. The molecule has 5 aliphatic rings. The zero-order chi connectivity index (χ0) is 35.7. The maximum atomic E-state index is 14.7. The first-order valence-electron chi connectivity index (χ1n) is 18.7. The highest BCUT2D eigenvalue weighted by molar-refractivity contribution is 6.76. The lowest BCUT2D eigenvalue weighted by molar-refractivity contribution is -0.211. The van der Waals surface area contributed by atoms with Gasteiger partial charge in [-0.15, -0.1) is 0 Å². The summed E-state index contributed by atoms with van der Waals surface area (Å²) in [6.45, 7) is 23.4. The van der Waals surface area contributed by atoms with E-state index in [1.165, 1.54) is 5.57 Å². The van der Waals surface area contributed by atoms with Crippen LogP contribution in [0, 0.1) is 50.2 Å². The Morgan fingerprint density at radius 3 is 2.25 bits per heavy atom. The zero-order valence-electron chi connectivity index (χ0n) is 31.6. The Balaban J connectivity index is 1.42. The molecule has 5 rings (SSSR count). The van der Waals surface area contributed by atoms with Gasteiger partial charge in [0.1, 0.15) is 12.5 Å². The summed E-state index contributed by atoms with van der Waals surface area (Å²) in [5.41, 5.74) is 5.25. The molecule has 0 bridgehead atoms. The number of nitrogens with one attached hydrogen (secondary N) is 1. The van der Waals surface area contributed by atoms with Crippen LogP contribution in [0.1, 0.15) is 113 Å². The smallest absolute Gasteiger partial charge is 0.315 e. The van der Waals surface area contributed by atoms with Crippen molar-refractivity contribution in [3.05, 3.63) is 11.6 Å². The first-order valence-corrected chi connectivity index (χ1v) is 22.4. The topological polar surface area (TPSA) is 125 Å². The van der Waals surface area contributed by atoms with Crippen molar-refractivity contribution in [1.29, 1.82) is 0 Å². The van der Waals surface area contributed by atoms with Crippen LogP contribution in [0.2, 0.25) is 25.7 Å². The van der Waals surface area contributed by atoms with Crippen molar-refractivity contribution < 1.29 is 28.7 Å². The molecule has 48 heavy (non-hydrogen) atoms. The molecular formula is C39H64N2O6Si. The highest BCUT2D eigenvalue weighted by atomic mass is 28.3. The van der Waals surface area contributed by atoms with Gasteiger partial charge in [0.05, 0.1) is 18.7 Å². The number of ketones is 1. The molecule has 0 heterocycles. The number of nitrogens with two attached hydrogens (primary N) is 1. The number of esters is 2. The molecule has 0 aromatic rings. The average Bonchev–Trinajstić information content (AvgIpc) is 2.96. The molecule has 0 aromatic heterocycles. The largest absolute Gasteiger partial charge is 0.466 e. The Kier molecular flexibility index (Phi) is 9.58. The van der Waals surface area contributed by atoms with Crippen molar-refractivity contribution in [3.8, 4) is 0 Å². The molecule has 9 unspecified atom stereocenters. The summed E-state index contributed by atoms with van der Waals surface area (Å²) in [5.74, 6) is -0.538. The van der Waals surface area contributed by atoms with E-state index in [2.05, 4.69) is 79.5 Å². The number of ether oxygens (including phenoxy) is 2. The normalized spacial score (nSPS) is 41.8. The molecule has 1 amide bonds. The minimum Gasteiger partial charge on any atom is -0.466 e. The number of amides is 1. The van der Waals surface area contributed by atoms with Crippen molar-refractivity contribution >= 4 is 31.7 Å². The number of hydrogen-bond donors (Lipinski definition) is 2. The van der Waals surface area contributed by atoms with Gasteiger partial charge in [-0.2, -0.15) is 0 Å². The predicted molar refractivity (Wildman–Crippen MR) is 190 cm³/mol. The lowest BCUT2D eigenvalue weighted by atomic mass is 9.33. The maximum absolute atomic E-state index is 14.7. The fourth-order valence-corrected chi connectivity index (χ4v) is 12.4.